The minimum atomic E-state index is -0.367. The van der Waals surface area contributed by atoms with Crippen molar-refractivity contribution in [3.63, 3.8) is 0 Å². The van der Waals surface area contributed by atoms with Gasteiger partial charge in [-0.05, 0) is 49.6 Å². The SMILES string of the molecule is CCOC(=O)/C(C)=C(I)/C(C#N)=C(\C)SC. The van der Waals surface area contributed by atoms with Gasteiger partial charge in [-0.1, -0.05) is 0 Å². The molecule has 0 amide bonds. The van der Waals surface area contributed by atoms with Crippen molar-refractivity contribution in [3.8, 4) is 6.07 Å². The zero-order chi connectivity index (χ0) is 12.7. The van der Waals surface area contributed by atoms with Crippen LogP contribution in [-0.4, -0.2) is 18.8 Å². The van der Waals surface area contributed by atoms with Crippen molar-refractivity contribution in [3.05, 3.63) is 19.6 Å². The Balaban J connectivity index is 5.31. The molecule has 0 spiro atoms. The average molecular weight is 351 g/mol. The molecule has 0 aromatic carbocycles. The quantitative estimate of drug-likeness (QED) is 0.256. The van der Waals surface area contributed by atoms with E-state index in [1.165, 1.54) is 11.8 Å². The molecule has 0 fully saturated rings. The van der Waals surface area contributed by atoms with Gasteiger partial charge in [-0.25, -0.2) is 4.79 Å². The van der Waals surface area contributed by atoms with Gasteiger partial charge in [-0.3, -0.25) is 0 Å². The number of nitrogens with zero attached hydrogens (tertiary/aromatic N) is 1. The van der Waals surface area contributed by atoms with Gasteiger partial charge in [0.15, 0.2) is 0 Å². The summed E-state index contributed by atoms with van der Waals surface area (Å²) < 4.78 is 5.55. The Bertz CT molecular complexity index is 380. The summed E-state index contributed by atoms with van der Waals surface area (Å²) in [4.78, 5) is 12.4. The smallest absolute Gasteiger partial charge is 0.334 e. The maximum absolute atomic E-state index is 11.5. The highest BCUT2D eigenvalue weighted by Crippen LogP contribution is 2.28. The molecular formula is C11H14INO2S. The van der Waals surface area contributed by atoms with Gasteiger partial charge in [0, 0.05) is 14.1 Å². The van der Waals surface area contributed by atoms with Crippen LogP contribution in [0, 0.1) is 11.3 Å². The summed E-state index contributed by atoms with van der Waals surface area (Å²) in [7, 11) is 0. The fraction of sp³-hybridized carbons (Fsp3) is 0.455. The van der Waals surface area contributed by atoms with E-state index < -0.39 is 0 Å². The van der Waals surface area contributed by atoms with Crippen LogP contribution in [-0.2, 0) is 9.53 Å². The van der Waals surface area contributed by atoms with Crippen molar-refractivity contribution in [2.45, 2.75) is 20.8 Å². The molecule has 0 aliphatic carbocycles. The zero-order valence-corrected chi connectivity index (χ0v) is 12.7. The third kappa shape index (κ3) is 4.18. The van der Waals surface area contributed by atoms with Crippen LogP contribution in [0.1, 0.15) is 20.8 Å². The normalized spacial score (nSPS) is 13.5. The van der Waals surface area contributed by atoms with E-state index in [1.807, 2.05) is 35.8 Å². The minimum absolute atomic E-state index is 0.340. The van der Waals surface area contributed by atoms with Gasteiger partial charge in [-0.15, -0.1) is 11.8 Å². The zero-order valence-electron chi connectivity index (χ0n) is 9.76. The van der Waals surface area contributed by atoms with Crippen molar-refractivity contribution in [1.29, 1.82) is 5.26 Å². The molecule has 0 aromatic heterocycles. The number of thioether (sulfide) groups is 1. The number of esters is 1. The summed E-state index contributed by atoms with van der Waals surface area (Å²) >= 11 is 3.50. The summed E-state index contributed by atoms with van der Waals surface area (Å²) in [6.45, 7) is 5.63. The molecule has 0 bridgehead atoms. The highest BCUT2D eigenvalue weighted by atomic mass is 127. The summed E-state index contributed by atoms with van der Waals surface area (Å²) in [5.74, 6) is -0.367. The summed E-state index contributed by atoms with van der Waals surface area (Å²) in [6, 6.07) is 2.12. The molecule has 0 rings (SSSR count). The van der Waals surface area contributed by atoms with E-state index in [0.29, 0.717) is 21.3 Å². The third-order valence-corrected chi connectivity index (χ3v) is 4.07. The highest BCUT2D eigenvalue weighted by Gasteiger charge is 2.14. The summed E-state index contributed by atoms with van der Waals surface area (Å²) in [5, 5.41) is 9.05. The van der Waals surface area contributed by atoms with Crippen LogP contribution in [0.2, 0.25) is 0 Å². The third-order valence-electron chi connectivity index (χ3n) is 1.90. The molecule has 0 atom stereocenters. The summed E-state index contributed by atoms with van der Waals surface area (Å²) in [5.41, 5.74) is 1.02. The van der Waals surface area contributed by atoms with Crippen molar-refractivity contribution < 1.29 is 9.53 Å². The van der Waals surface area contributed by atoms with Gasteiger partial charge in [0.25, 0.3) is 0 Å². The average Bonchev–Trinajstić information content (AvgIpc) is 2.28. The van der Waals surface area contributed by atoms with Gasteiger partial charge in [-0.2, -0.15) is 5.26 Å². The lowest BCUT2D eigenvalue weighted by atomic mass is 10.2. The number of nitriles is 1. The van der Waals surface area contributed by atoms with Crippen molar-refractivity contribution in [2.75, 3.05) is 12.9 Å². The second-order valence-electron chi connectivity index (χ2n) is 2.91. The molecule has 0 radical (unpaired) electrons. The number of hydrogen-bond acceptors (Lipinski definition) is 4. The fourth-order valence-corrected chi connectivity index (χ4v) is 2.18. The molecule has 88 valence electrons. The van der Waals surface area contributed by atoms with Crippen LogP contribution in [0.25, 0.3) is 0 Å². The molecular weight excluding hydrogens is 337 g/mol. The lowest BCUT2D eigenvalue weighted by Crippen LogP contribution is -2.07. The maximum atomic E-state index is 11.5. The molecule has 0 aliphatic heterocycles. The number of rotatable bonds is 4. The van der Waals surface area contributed by atoms with E-state index in [-0.39, 0.29) is 5.97 Å². The first-order chi connectivity index (χ1) is 7.49. The van der Waals surface area contributed by atoms with E-state index >= 15 is 0 Å². The van der Waals surface area contributed by atoms with Gasteiger partial charge < -0.3 is 4.74 Å². The van der Waals surface area contributed by atoms with E-state index in [1.54, 1.807) is 13.8 Å². The Morgan fingerprint density at radius 3 is 2.44 bits per heavy atom. The van der Waals surface area contributed by atoms with E-state index in [9.17, 15) is 4.79 Å². The van der Waals surface area contributed by atoms with Crippen LogP contribution in [0.15, 0.2) is 19.6 Å². The first-order valence-corrected chi connectivity index (χ1v) is 6.98. The Hall–Kier alpha value is -0.480. The van der Waals surface area contributed by atoms with Crippen molar-refractivity contribution in [2.24, 2.45) is 0 Å². The lowest BCUT2D eigenvalue weighted by molar-refractivity contribution is -0.138. The molecule has 0 aliphatic rings. The first-order valence-electron chi connectivity index (χ1n) is 4.68. The monoisotopic (exact) mass is 351 g/mol. The Morgan fingerprint density at radius 2 is 2.06 bits per heavy atom. The molecule has 0 N–H and O–H groups in total. The Morgan fingerprint density at radius 1 is 1.50 bits per heavy atom. The van der Waals surface area contributed by atoms with Gasteiger partial charge >= 0.3 is 5.97 Å². The number of ether oxygens (including phenoxy) is 1. The van der Waals surface area contributed by atoms with E-state index in [4.69, 9.17) is 10.00 Å². The van der Waals surface area contributed by atoms with Gasteiger partial charge in [0.05, 0.1) is 12.2 Å². The van der Waals surface area contributed by atoms with Gasteiger partial charge in [0.2, 0.25) is 0 Å². The predicted octanol–water partition coefficient (Wildman–Crippen LogP) is 3.42. The standard InChI is InChI=1S/C11H14INO2S/c1-5-15-11(14)7(2)10(12)9(6-13)8(3)16-4/h5H2,1-4H3/b9-8+,10-7-. The number of halogens is 1. The maximum Gasteiger partial charge on any atom is 0.334 e. The van der Waals surface area contributed by atoms with Crippen LogP contribution in [0.3, 0.4) is 0 Å². The van der Waals surface area contributed by atoms with Crippen LogP contribution in [0.4, 0.5) is 0 Å². The van der Waals surface area contributed by atoms with Crippen LogP contribution < -0.4 is 0 Å². The fourth-order valence-electron chi connectivity index (χ4n) is 0.901. The second-order valence-corrected chi connectivity index (χ2v) is 5.01. The molecule has 0 aromatic rings. The molecule has 3 nitrogen and oxygen atoms in total. The van der Waals surface area contributed by atoms with Gasteiger partial charge in [0.1, 0.15) is 6.07 Å². The summed E-state index contributed by atoms with van der Waals surface area (Å²) in [6.07, 6.45) is 1.90. The molecule has 16 heavy (non-hydrogen) atoms. The Kier molecular flexibility index (Phi) is 7.51. The second kappa shape index (κ2) is 7.74. The van der Waals surface area contributed by atoms with Crippen LogP contribution >= 0.6 is 34.4 Å². The molecule has 0 saturated carbocycles. The largest absolute Gasteiger partial charge is 0.463 e. The number of carbonyl (C=O) groups is 1. The molecule has 0 unspecified atom stereocenters. The Labute approximate surface area is 114 Å². The number of hydrogen-bond donors (Lipinski definition) is 0. The molecule has 0 heterocycles. The lowest BCUT2D eigenvalue weighted by Gasteiger charge is -2.06. The van der Waals surface area contributed by atoms with E-state index in [2.05, 4.69) is 6.07 Å². The topological polar surface area (TPSA) is 50.1 Å². The minimum Gasteiger partial charge on any atom is -0.463 e. The molecule has 5 heteroatoms. The highest BCUT2D eigenvalue weighted by molar-refractivity contribution is 14.1. The van der Waals surface area contributed by atoms with Crippen molar-refractivity contribution in [1.82, 2.24) is 0 Å². The number of carbonyl (C=O) groups excluding carboxylic acids is 1. The predicted molar refractivity (Wildman–Crippen MR) is 75.2 cm³/mol. The first kappa shape index (κ1) is 15.5. The molecule has 0 saturated heterocycles. The van der Waals surface area contributed by atoms with Crippen molar-refractivity contribution >= 4 is 40.3 Å². The number of allylic oxidation sites excluding steroid dienone is 3. The van der Waals surface area contributed by atoms with E-state index in [0.717, 1.165) is 4.91 Å². The van der Waals surface area contributed by atoms with Crippen LogP contribution in [0.5, 0.6) is 0 Å².